The Kier molecular flexibility index (Phi) is 3.72. The van der Waals surface area contributed by atoms with E-state index in [9.17, 15) is 13.2 Å². The molecule has 8 heteroatoms. The van der Waals surface area contributed by atoms with Gasteiger partial charge in [0.05, 0.1) is 16.4 Å². The molecule has 1 aromatic carbocycles. The van der Waals surface area contributed by atoms with Crippen molar-refractivity contribution < 1.29 is 13.2 Å². The topological polar surface area (TPSA) is 37.8 Å². The molecule has 94 valence electrons. The Morgan fingerprint density at radius 1 is 1.11 bits per heavy atom. The molecule has 0 atom stereocenters. The third kappa shape index (κ3) is 2.73. The van der Waals surface area contributed by atoms with Crippen molar-refractivity contribution in [2.45, 2.75) is 0 Å². The number of nitrogens with zero attached hydrogens (tertiary/aromatic N) is 2. The first-order chi connectivity index (χ1) is 8.47. The maximum atomic E-state index is 13.5. The molecule has 2 aromatic rings. The van der Waals surface area contributed by atoms with Crippen molar-refractivity contribution in [1.82, 2.24) is 9.97 Å². The molecule has 1 heterocycles. The number of anilines is 2. The van der Waals surface area contributed by atoms with E-state index >= 15 is 0 Å². The molecule has 0 bridgehead atoms. The Bertz CT molecular complexity index is 609. The lowest BCUT2D eigenvalue weighted by atomic mass is 10.3. The molecule has 3 nitrogen and oxygen atoms in total. The highest BCUT2D eigenvalue weighted by Gasteiger charge is 2.12. The van der Waals surface area contributed by atoms with Crippen molar-refractivity contribution in [2.24, 2.45) is 0 Å². The third-order valence-electron chi connectivity index (χ3n) is 1.98. The van der Waals surface area contributed by atoms with Gasteiger partial charge in [0.2, 0.25) is 5.28 Å². The summed E-state index contributed by atoms with van der Waals surface area (Å²) < 4.78 is 40.0. The lowest BCUT2D eigenvalue weighted by Crippen LogP contribution is -2.01. The summed E-state index contributed by atoms with van der Waals surface area (Å²) in [4.78, 5) is 6.93. The fraction of sp³-hybridized carbons (Fsp3) is 0. The monoisotopic (exact) mass is 337 g/mol. The van der Waals surface area contributed by atoms with Gasteiger partial charge in [-0.05, 0) is 33.6 Å². The summed E-state index contributed by atoms with van der Waals surface area (Å²) in [7, 11) is 0. The average molecular weight is 339 g/mol. The van der Waals surface area contributed by atoms with E-state index in [4.69, 9.17) is 11.6 Å². The smallest absolute Gasteiger partial charge is 0.224 e. The van der Waals surface area contributed by atoms with Gasteiger partial charge in [-0.3, -0.25) is 0 Å². The zero-order valence-electron chi connectivity index (χ0n) is 8.52. The van der Waals surface area contributed by atoms with E-state index in [0.717, 1.165) is 18.3 Å². The van der Waals surface area contributed by atoms with Crippen LogP contribution in [0.2, 0.25) is 5.28 Å². The molecule has 0 saturated heterocycles. The zero-order chi connectivity index (χ0) is 13.3. The van der Waals surface area contributed by atoms with E-state index in [2.05, 4.69) is 31.2 Å². The normalized spacial score (nSPS) is 10.5. The second kappa shape index (κ2) is 5.11. The predicted molar refractivity (Wildman–Crippen MR) is 64.3 cm³/mol. The standard InChI is InChI=1S/C10H4BrClF3N3/c11-4-1-6(14)8(2-5(4)13)17-9-7(15)3-16-10(12)18-9/h1-3H,(H,16,17,18). The van der Waals surface area contributed by atoms with Gasteiger partial charge in [0.25, 0.3) is 0 Å². The van der Waals surface area contributed by atoms with Crippen LogP contribution in [-0.4, -0.2) is 9.97 Å². The zero-order valence-corrected chi connectivity index (χ0v) is 10.9. The highest BCUT2D eigenvalue weighted by Crippen LogP contribution is 2.26. The van der Waals surface area contributed by atoms with Gasteiger partial charge in [-0.2, -0.15) is 4.98 Å². The van der Waals surface area contributed by atoms with Crippen molar-refractivity contribution >= 4 is 39.0 Å². The van der Waals surface area contributed by atoms with E-state index in [-0.39, 0.29) is 21.3 Å². The summed E-state index contributed by atoms with van der Waals surface area (Å²) >= 11 is 8.30. The van der Waals surface area contributed by atoms with Gasteiger partial charge in [-0.1, -0.05) is 0 Å². The molecule has 0 radical (unpaired) electrons. The first kappa shape index (κ1) is 13.1. The van der Waals surface area contributed by atoms with E-state index in [1.54, 1.807) is 0 Å². The second-order valence-electron chi connectivity index (χ2n) is 3.21. The maximum absolute atomic E-state index is 13.5. The number of hydrogen-bond donors (Lipinski definition) is 1. The summed E-state index contributed by atoms with van der Waals surface area (Å²) in [6.07, 6.45) is 0.824. The first-order valence-corrected chi connectivity index (χ1v) is 5.74. The number of nitrogens with one attached hydrogen (secondary N) is 1. The number of aromatic nitrogens is 2. The fourth-order valence-electron chi connectivity index (χ4n) is 1.18. The maximum Gasteiger partial charge on any atom is 0.224 e. The predicted octanol–water partition coefficient (Wildman–Crippen LogP) is 4.05. The Hall–Kier alpha value is -1.34. The van der Waals surface area contributed by atoms with Crippen molar-refractivity contribution in [2.75, 3.05) is 5.32 Å². The van der Waals surface area contributed by atoms with Crippen molar-refractivity contribution in [1.29, 1.82) is 0 Å². The lowest BCUT2D eigenvalue weighted by molar-refractivity contribution is 0.596. The highest BCUT2D eigenvalue weighted by molar-refractivity contribution is 9.10. The number of benzene rings is 1. The van der Waals surface area contributed by atoms with Gasteiger partial charge >= 0.3 is 0 Å². The van der Waals surface area contributed by atoms with Crippen LogP contribution in [0.3, 0.4) is 0 Å². The van der Waals surface area contributed by atoms with Crippen LogP contribution < -0.4 is 5.32 Å². The van der Waals surface area contributed by atoms with Gasteiger partial charge in [0, 0.05) is 6.07 Å². The van der Waals surface area contributed by atoms with Gasteiger partial charge < -0.3 is 5.32 Å². The molecular weight excluding hydrogens is 334 g/mol. The number of halogens is 5. The summed E-state index contributed by atoms with van der Waals surface area (Å²) in [5.41, 5.74) is -0.260. The molecule has 0 aliphatic heterocycles. The molecule has 0 unspecified atom stereocenters. The van der Waals surface area contributed by atoms with Crippen LogP contribution in [0.1, 0.15) is 0 Å². The van der Waals surface area contributed by atoms with Crippen molar-refractivity contribution in [3.63, 3.8) is 0 Å². The lowest BCUT2D eigenvalue weighted by Gasteiger charge is -2.08. The Balaban J connectivity index is 2.40. The van der Waals surface area contributed by atoms with E-state index < -0.39 is 17.5 Å². The van der Waals surface area contributed by atoms with Crippen molar-refractivity contribution in [3.8, 4) is 0 Å². The van der Waals surface area contributed by atoms with E-state index in [0.29, 0.717) is 0 Å². The molecule has 0 aliphatic rings. The molecule has 18 heavy (non-hydrogen) atoms. The van der Waals surface area contributed by atoms with Crippen LogP contribution in [0.15, 0.2) is 22.8 Å². The van der Waals surface area contributed by atoms with Gasteiger partial charge in [0.1, 0.15) is 11.6 Å². The minimum Gasteiger partial charge on any atom is -0.335 e. The molecule has 2 rings (SSSR count). The van der Waals surface area contributed by atoms with Crippen LogP contribution >= 0.6 is 27.5 Å². The van der Waals surface area contributed by atoms with Gasteiger partial charge in [-0.15, -0.1) is 0 Å². The van der Waals surface area contributed by atoms with Crippen LogP contribution in [0.4, 0.5) is 24.7 Å². The number of rotatable bonds is 2. The first-order valence-electron chi connectivity index (χ1n) is 4.57. The molecule has 0 aliphatic carbocycles. The Labute approximate surface area is 113 Å². The molecule has 0 spiro atoms. The quantitative estimate of drug-likeness (QED) is 0.663. The number of hydrogen-bond acceptors (Lipinski definition) is 3. The van der Waals surface area contributed by atoms with Crippen LogP contribution in [0.25, 0.3) is 0 Å². The summed E-state index contributed by atoms with van der Waals surface area (Å²) in [6, 6.07) is 1.78. The fourth-order valence-corrected chi connectivity index (χ4v) is 1.63. The summed E-state index contributed by atoms with van der Waals surface area (Å²) in [5.74, 6) is -2.63. The van der Waals surface area contributed by atoms with E-state index in [1.807, 2.05) is 0 Å². The second-order valence-corrected chi connectivity index (χ2v) is 4.40. The van der Waals surface area contributed by atoms with Gasteiger partial charge in [-0.25, -0.2) is 18.2 Å². The molecular formula is C10H4BrClF3N3. The SMILES string of the molecule is Fc1cc(Nc2nc(Cl)ncc2F)c(F)cc1Br. The molecule has 0 amide bonds. The summed E-state index contributed by atoms with van der Waals surface area (Å²) in [6.45, 7) is 0. The van der Waals surface area contributed by atoms with Gasteiger partial charge in [0.15, 0.2) is 11.6 Å². The van der Waals surface area contributed by atoms with Crippen LogP contribution in [-0.2, 0) is 0 Å². The minimum atomic E-state index is -0.831. The minimum absolute atomic E-state index is 0.0354. The average Bonchev–Trinajstić information content (AvgIpc) is 2.30. The molecule has 0 fully saturated rings. The van der Waals surface area contributed by atoms with E-state index in [1.165, 1.54) is 0 Å². The Morgan fingerprint density at radius 3 is 2.56 bits per heavy atom. The highest BCUT2D eigenvalue weighted by atomic mass is 79.9. The molecule has 0 saturated carbocycles. The van der Waals surface area contributed by atoms with Crippen molar-refractivity contribution in [3.05, 3.63) is 45.5 Å². The molecule has 1 aromatic heterocycles. The molecule has 1 N–H and O–H groups in total. The largest absolute Gasteiger partial charge is 0.335 e. The summed E-state index contributed by atoms with van der Waals surface area (Å²) in [5, 5.41) is 2.09. The van der Waals surface area contributed by atoms with Crippen LogP contribution in [0.5, 0.6) is 0 Å². The Morgan fingerprint density at radius 2 is 1.83 bits per heavy atom. The van der Waals surface area contributed by atoms with Crippen LogP contribution in [0, 0.1) is 17.5 Å². The third-order valence-corrected chi connectivity index (χ3v) is 2.77.